The number of nitrogens with one attached hydrogen (secondary N) is 3. The van der Waals surface area contributed by atoms with E-state index >= 15 is 0 Å². The number of alkyl carbamates (subject to hydrolysis) is 1. The second-order valence-corrected chi connectivity index (χ2v) is 7.73. The van der Waals surface area contributed by atoms with Crippen LogP contribution in [0, 0.1) is 6.92 Å². The van der Waals surface area contributed by atoms with Crippen LogP contribution < -0.4 is 21.8 Å². The maximum absolute atomic E-state index is 12.2. The van der Waals surface area contributed by atoms with Crippen molar-refractivity contribution >= 4 is 35.6 Å². The van der Waals surface area contributed by atoms with E-state index in [0.717, 1.165) is 18.6 Å². The fraction of sp³-hybridized carbons (Fsp3) is 0.632. The fourth-order valence-electron chi connectivity index (χ4n) is 2.52. The molecule has 0 saturated carbocycles. The van der Waals surface area contributed by atoms with Gasteiger partial charge in [0.1, 0.15) is 6.04 Å². The number of rotatable bonds is 15. The van der Waals surface area contributed by atoms with E-state index in [1.165, 1.54) is 6.92 Å². The Kier molecular flexibility index (Phi) is 12.6. The lowest BCUT2D eigenvalue weighted by atomic mass is 10.1. The van der Waals surface area contributed by atoms with Crippen molar-refractivity contribution < 1.29 is 37.9 Å². The zero-order valence-electron chi connectivity index (χ0n) is 18.1. The van der Waals surface area contributed by atoms with E-state index in [-0.39, 0.29) is 37.6 Å². The average Bonchev–Trinajstić information content (AvgIpc) is 3.05. The Balaban J connectivity index is 2.32. The molecule has 4 N–H and O–H groups in total. The lowest BCUT2D eigenvalue weighted by molar-refractivity contribution is -0.140. The number of aryl methyl sites for hydroxylation is 1. The van der Waals surface area contributed by atoms with Crippen molar-refractivity contribution in [2.45, 2.75) is 51.7 Å². The number of ether oxygens (including phenoxy) is 1. The first-order valence-corrected chi connectivity index (χ1v) is 11.4. The van der Waals surface area contributed by atoms with E-state index in [9.17, 15) is 24.0 Å². The maximum atomic E-state index is 12.2. The van der Waals surface area contributed by atoms with E-state index in [1.807, 2.05) is 6.26 Å². The van der Waals surface area contributed by atoms with Gasteiger partial charge in [-0.05, 0) is 31.8 Å². The molecule has 3 amide bonds. The number of hydrogen-bond acceptors (Lipinski definition) is 9. The van der Waals surface area contributed by atoms with E-state index in [0.29, 0.717) is 6.42 Å². The minimum Gasteiger partial charge on any atom is -0.481 e. The lowest BCUT2D eigenvalue weighted by Gasteiger charge is -2.17. The van der Waals surface area contributed by atoms with Crippen molar-refractivity contribution in [1.82, 2.24) is 16.0 Å². The van der Waals surface area contributed by atoms with E-state index < -0.39 is 42.2 Å². The first kappa shape index (κ1) is 27.1. The van der Waals surface area contributed by atoms with Gasteiger partial charge in [-0.3, -0.25) is 14.4 Å². The summed E-state index contributed by atoms with van der Waals surface area (Å²) in [5.74, 6) is -1.91. The number of unbranched alkanes of at least 4 members (excludes halogenated alkanes) is 2. The van der Waals surface area contributed by atoms with Gasteiger partial charge in [0.25, 0.3) is 0 Å². The number of hydrogen-bond donors (Lipinski definition) is 4. The molecule has 0 aliphatic carbocycles. The average molecular weight is 476 g/mol. The van der Waals surface area contributed by atoms with Crippen LogP contribution >= 0.6 is 11.8 Å². The number of thioether (sulfide) groups is 1. The third-order valence-corrected chi connectivity index (χ3v) is 4.84. The highest BCUT2D eigenvalue weighted by Gasteiger charge is 2.23. The van der Waals surface area contributed by atoms with Gasteiger partial charge >= 0.3 is 17.9 Å². The monoisotopic (exact) mass is 475 g/mol. The number of amides is 3. The summed E-state index contributed by atoms with van der Waals surface area (Å²) in [5.41, 5.74) is 0. The Labute approximate surface area is 188 Å². The molecule has 1 aromatic rings. The van der Waals surface area contributed by atoms with Crippen LogP contribution in [0.25, 0.3) is 0 Å². The van der Waals surface area contributed by atoms with Crippen LogP contribution in [0.2, 0.25) is 0 Å². The summed E-state index contributed by atoms with van der Waals surface area (Å²) in [5, 5.41) is 16.3. The van der Waals surface area contributed by atoms with Crippen molar-refractivity contribution in [3.05, 3.63) is 22.1 Å². The maximum Gasteiger partial charge on any atom is 0.519 e. The highest BCUT2D eigenvalue weighted by Crippen LogP contribution is 2.06. The standard InChI is InChI=1S/C19H29N3O9S/c1-12-14(31-19(28)30-12)11-29-18(27)21-8-7-20-17(26)13(10-16(24)25)22-15(23)6-4-3-5-9-32-2/h13H,3-11H2,1-2H3,(H,20,26)(H,21,27)(H,22,23)(H,24,25)/t13-/m0/s1. The normalized spacial score (nSPS) is 11.4. The second-order valence-electron chi connectivity index (χ2n) is 6.75. The van der Waals surface area contributed by atoms with E-state index in [2.05, 4.69) is 24.8 Å². The zero-order valence-corrected chi connectivity index (χ0v) is 18.9. The van der Waals surface area contributed by atoms with Gasteiger partial charge in [-0.25, -0.2) is 9.59 Å². The Morgan fingerprint density at radius 1 is 1.09 bits per heavy atom. The van der Waals surface area contributed by atoms with Crippen molar-refractivity contribution in [2.24, 2.45) is 0 Å². The Hall–Kier alpha value is -2.96. The van der Waals surface area contributed by atoms with Crippen LogP contribution in [-0.4, -0.2) is 60.1 Å². The molecule has 0 unspecified atom stereocenters. The highest BCUT2D eigenvalue weighted by atomic mass is 32.2. The summed E-state index contributed by atoms with van der Waals surface area (Å²) in [6, 6.07) is -1.22. The van der Waals surface area contributed by atoms with Gasteiger partial charge in [0, 0.05) is 19.5 Å². The third-order valence-electron chi connectivity index (χ3n) is 4.15. The Morgan fingerprint density at radius 3 is 2.44 bits per heavy atom. The molecule has 1 rings (SSSR count). The summed E-state index contributed by atoms with van der Waals surface area (Å²) in [7, 11) is 0. The Morgan fingerprint density at radius 2 is 1.81 bits per heavy atom. The van der Waals surface area contributed by atoms with Crippen molar-refractivity contribution in [3.8, 4) is 0 Å². The molecule has 1 heterocycles. The van der Waals surface area contributed by atoms with Crippen molar-refractivity contribution in [2.75, 3.05) is 25.1 Å². The molecule has 0 aromatic carbocycles. The van der Waals surface area contributed by atoms with Gasteiger partial charge < -0.3 is 34.6 Å². The fourth-order valence-corrected chi connectivity index (χ4v) is 3.01. The Bertz CT molecular complexity index is 821. The molecule has 0 aliphatic heterocycles. The zero-order chi connectivity index (χ0) is 23.9. The largest absolute Gasteiger partial charge is 0.519 e. The first-order chi connectivity index (χ1) is 15.2. The number of carboxylic acid groups (broad SMARTS) is 1. The molecule has 0 saturated heterocycles. The van der Waals surface area contributed by atoms with Gasteiger partial charge in [0.05, 0.1) is 6.42 Å². The molecule has 1 atom stereocenters. The third kappa shape index (κ3) is 11.4. The van der Waals surface area contributed by atoms with Crippen molar-refractivity contribution in [1.29, 1.82) is 0 Å². The van der Waals surface area contributed by atoms with Gasteiger partial charge in [-0.1, -0.05) is 6.42 Å². The molecule has 0 spiro atoms. The summed E-state index contributed by atoms with van der Waals surface area (Å²) < 4.78 is 14.2. The van der Waals surface area contributed by atoms with E-state index in [4.69, 9.17) is 9.84 Å². The minimum atomic E-state index is -1.23. The molecule has 12 nitrogen and oxygen atoms in total. The van der Waals surface area contributed by atoms with Gasteiger partial charge in [-0.2, -0.15) is 11.8 Å². The number of carbonyl (C=O) groups is 4. The predicted molar refractivity (Wildman–Crippen MR) is 114 cm³/mol. The smallest absolute Gasteiger partial charge is 0.481 e. The van der Waals surface area contributed by atoms with Crippen LogP contribution in [0.15, 0.2) is 13.6 Å². The summed E-state index contributed by atoms with van der Waals surface area (Å²) in [4.78, 5) is 57.8. The summed E-state index contributed by atoms with van der Waals surface area (Å²) in [6.45, 7) is 1.14. The topological polar surface area (TPSA) is 177 Å². The molecule has 13 heteroatoms. The van der Waals surface area contributed by atoms with Crippen molar-refractivity contribution in [3.63, 3.8) is 0 Å². The highest BCUT2D eigenvalue weighted by molar-refractivity contribution is 7.98. The number of carboxylic acids is 1. The molecular weight excluding hydrogens is 446 g/mol. The molecule has 0 aliphatic rings. The minimum absolute atomic E-state index is 0.0118. The van der Waals surface area contributed by atoms with Crippen LogP contribution in [0.1, 0.15) is 43.6 Å². The lowest BCUT2D eigenvalue weighted by Crippen LogP contribution is -2.49. The quantitative estimate of drug-likeness (QED) is 0.265. The summed E-state index contributed by atoms with van der Waals surface area (Å²) in [6.07, 6.45) is 3.34. The van der Waals surface area contributed by atoms with Gasteiger partial charge in [-0.15, -0.1) is 0 Å². The molecule has 32 heavy (non-hydrogen) atoms. The molecule has 0 fully saturated rings. The van der Waals surface area contributed by atoms with Gasteiger partial charge in [0.2, 0.25) is 11.8 Å². The molecular formula is C19H29N3O9S. The van der Waals surface area contributed by atoms with Crippen LogP contribution in [0.3, 0.4) is 0 Å². The molecule has 1 aromatic heterocycles. The van der Waals surface area contributed by atoms with Crippen LogP contribution in [-0.2, 0) is 25.7 Å². The molecule has 180 valence electrons. The van der Waals surface area contributed by atoms with E-state index in [1.54, 1.807) is 11.8 Å². The first-order valence-electron chi connectivity index (χ1n) is 10.0. The van der Waals surface area contributed by atoms with Crippen LogP contribution in [0.4, 0.5) is 4.79 Å². The van der Waals surface area contributed by atoms with Gasteiger partial charge in [0.15, 0.2) is 18.1 Å². The SMILES string of the molecule is CSCCCCCC(=O)N[C@@H](CC(=O)O)C(=O)NCCNC(=O)OCc1oc(=O)oc1C. The number of aliphatic carboxylic acids is 1. The second kappa shape index (κ2) is 14.9. The molecule has 0 bridgehead atoms. The number of carbonyl (C=O) groups excluding carboxylic acids is 3. The molecule has 0 radical (unpaired) electrons. The predicted octanol–water partition coefficient (Wildman–Crippen LogP) is 0.767. The summed E-state index contributed by atoms with van der Waals surface area (Å²) >= 11 is 1.72. The van der Waals surface area contributed by atoms with Crippen LogP contribution in [0.5, 0.6) is 0 Å².